The Hall–Kier alpha value is -1.63. The minimum Gasteiger partial charge on any atom is -0.478 e. The summed E-state index contributed by atoms with van der Waals surface area (Å²) in [6, 6.07) is 1.57. The third-order valence-corrected chi connectivity index (χ3v) is 3.63. The van der Waals surface area contributed by atoms with Crippen LogP contribution >= 0.6 is 0 Å². The molecule has 0 aromatic carbocycles. The zero-order valence-electron chi connectivity index (χ0n) is 9.55. The van der Waals surface area contributed by atoms with Crippen LogP contribution in [0.15, 0.2) is 16.7 Å². The summed E-state index contributed by atoms with van der Waals surface area (Å²) in [4.78, 5) is 22.0. The van der Waals surface area contributed by atoms with E-state index in [1.165, 1.54) is 6.07 Å². The SMILES string of the molecule is O=C(CS(=O)Cc1cc(C(=O)O)co1)NC1CC1. The minimum absolute atomic E-state index is 0.0180. The van der Waals surface area contributed by atoms with E-state index in [1.54, 1.807) is 0 Å². The van der Waals surface area contributed by atoms with Gasteiger partial charge in [-0.3, -0.25) is 9.00 Å². The third kappa shape index (κ3) is 3.69. The molecule has 1 saturated carbocycles. The summed E-state index contributed by atoms with van der Waals surface area (Å²) in [6.45, 7) is 0. The quantitative estimate of drug-likeness (QED) is 0.785. The Kier molecular flexibility index (Phi) is 3.81. The number of carbonyl (C=O) groups is 2. The van der Waals surface area contributed by atoms with Crippen molar-refractivity contribution in [2.45, 2.75) is 24.6 Å². The van der Waals surface area contributed by atoms with Gasteiger partial charge in [-0.25, -0.2) is 4.79 Å². The Balaban J connectivity index is 1.81. The molecular weight excluding hydrogens is 258 g/mol. The van der Waals surface area contributed by atoms with Crippen LogP contribution in [0.1, 0.15) is 29.0 Å². The average molecular weight is 271 g/mol. The summed E-state index contributed by atoms with van der Waals surface area (Å²) in [6.07, 6.45) is 3.07. The number of nitrogens with one attached hydrogen (secondary N) is 1. The largest absolute Gasteiger partial charge is 0.478 e. The van der Waals surface area contributed by atoms with Crippen molar-refractivity contribution in [2.75, 3.05) is 5.75 Å². The maximum Gasteiger partial charge on any atom is 0.338 e. The molecule has 0 aliphatic heterocycles. The highest BCUT2D eigenvalue weighted by atomic mass is 32.2. The maximum atomic E-state index is 11.6. The molecule has 6 nitrogen and oxygen atoms in total. The van der Waals surface area contributed by atoms with Crippen molar-refractivity contribution in [2.24, 2.45) is 0 Å². The van der Waals surface area contributed by atoms with E-state index in [0.29, 0.717) is 5.76 Å². The van der Waals surface area contributed by atoms with E-state index in [4.69, 9.17) is 9.52 Å². The standard InChI is InChI=1S/C11H13NO5S/c13-10(12-8-1-2-8)6-18(16)5-9-3-7(4-17-9)11(14)15/h3-4,8H,1-2,5-6H2,(H,12,13)(H,14,15). The van der Waals surface area contributed by atoms with Crippen LogP contribution in [-0.4, -0.2) is 33.0 Å². The number of hydrogen-bond donors (Lipinski definition) is 2. The molecule has 2 rings (SSSR count). The number of amides is 1. The summed E-state index contributed by atoms with van der Waals surface area (Å²) < 4.78 is 16.6. The van der Waals surface area contributed by atoms with Gasteiger partial charge in [0.1, 0.15) is 17.8 Å². The second-order valence-corrected chi connectivity index (χ2v) is 5.63. The Morgan fingerprint density at radius 2 is 2.22 bits per heavy atom. The maximum absolute atomic E-state index is 11.6. The van der Waals surface area contributed by atoms with E-state index >= 15 is 0 Å². The number of aromatic carboxylic acids is 1. The van der Waals surface area contributed by atoms with Crippen LogP contribution in [0.3, 0.4) is 0 Å². The predicted octanol–water partition coefficient (Wildman–Crippen LogP) is 0.505. The van der Waals surface area contributed by atoms with Crippen LogP contribution in [-0.2, 0) is 21.3 Å². The molecule has 1 aliphatic carbocycles. The first-order chi connectivity index (χ1) is 8.54. The van der Waals surface area contributed by atoms with Gasteiger partial charge in [0.15, 0.2) is 0 Å². The fourth-order valence-electron chi connectivity index (χ4n) is 1.42. The Labute approximate surface area is 106 Å². The molecule has 1 aliphatic rings. The average Bonchev–Trinajstić information content (AvgIpc) is 2.93. The van der Waals surface area contributed by atoms with Crippen molar-refractivity contribution in [1.29, 1.82) is 0 Å². The molecule has 1 atom stereocenters. The lowest BCUT2D eigenvalue weighted by atomic mass is 10.3. The zero-order chi connectivity index (χ0) is 13.1. The minimum atomic E-state index is -1.39. The van der Waals surface area contributed by atoms with E-state index in [0.717, 1.165) is 19.1 Å². The second kappa shape index (κ2) is 5.34. The van der Waals surface area contributed by atoms with Gasteiger partial charge in [0.25, 0.3) is 0 Å². The third-order valence-electron chi connectivity index (χ3n) is 2.44. The van der Waals surface area contributed by atoms with Crippen molar-refractivity contribution in [3.63, 3.8) is 0 Å². The molecule has 0 spiro atoms. The highest BCUT2D eigenvalue weighted by molar-refractivity contribution is 7.84. The summed E-state index contributed by atoms with van der Waals surface area (Å²) in [5.74, 6) is -1.06. The van der Waals surface area contributed by atoms with Crippen molar-refractivity contribution in [3.8, 4) is 0 Å². The Morgan fingerprint density at radius 1 is 1.50 bits per heavy atom. The molecule has 1 aromatic heterocycles. The first-order valence-electron chi connectivity index (χ1n) is 5.49. The molecule has 0 saturated heterocycles. The van der Waals surface area contributed by atoms with E-state index < -0.39 is 16.8 Å². The molecule has 1 amide bonds. The van der Waals surface area contributed by atoms with Crippen molar-refractivity contribution in [3.05, 3.63) is 23.7 Å². The fraction of sp³-hybridized carbons (Fsp3) is 0.455. The number of hydrogen-bond acceptors (Lipinski definition) is 4. The molecular formula is C11H13NO5S. The van der Waals surface area contributed by atoms with Gasteiger partial charge >= 0.3 is 5.97 Å². The van der Waals surface area contributed by atoms with Crippen LogP contribution in [0.5, 0.6) is 0 Å². The van der Waals surface area contributed by atoms with Gasteiger partial charge in [0.05, 0.1) is 11.3 Å². The van der Waals surface area contributed by atoms with Crippen LogP contribution in [0, 0.1) is 0 Å². The Morgan fingerprint density at radius 3 is 2.78 bits per heavy atom. The lowest BCUT2D eigenvalue weighted by Crippen LogP contribution is -2.30. The number of carbonyl (C=O) groups excluding carboxylic acids is 1. The van der Waals surface area contributed by atoms with Crippen molar-refractivity contribution < 1.29 is 23.3 Å². The summed E-state index contributed by atoms with van der Waals surface area (Å²) in [7, 11) is -1.39. The van der Waals surface area contributed by atoms with Crippen molar-refractivity contribution >= 4 is 22.7 Å². The monoisotopic (exact) mass is 271 g/mol. The summed E-state index contributed by atoms with van der Waals surface area (Å²) in [5.41, 5.74) is 0.0180. The smallest absolute Gasteiger partial charge is 0.338 e. The highest BCUT2D eigenvalue weighted by Crippen LogP contribution is 2.18. The number of carboxylic acid groups (broad SMARTS) is 1. The molecule has 2 N–H and O–H groups in total. The van der Waals surface area contributed by atoms with Gasteiger partial charge in [-0.15, -0.1) is 0 Å². The normalized spacial score (nSPS) is 16.2. The second-order valence-electron chi connectivity index (χ2n) is 4.18. The van der Waals surface area contributed by atoms with E-state index in [2.05, 4.69) is 5.32 Å². The molecule has 0 bridgehead atoms. The number of rotatable bonds is 6. The lowest BCUT2D eigenvalue weighted by Gasteiger charge is -2.02. The van der Waals surface area contributed by atoms with Gasteiger partial charge < -0.3 is 14.8 Å². The molecule has 1 fully saturated rings. The fourth-order valence-corrected chi connectivity index (χ4v) is 2.37. The topological polar surface area (TPSA) is 96.6 Å². The van der Waals surface area contributed by atoms with Crippen LogP contribution in [0.25, 0.3) is 0 Å². The molecule has 18 heavy (non-hydrogen) atoms. The predicted molar refractivity (Wildman–Crippen MR) is 63.5 cm³/mol. The number of furan rings is 1. The van der Waals surface area contributed by atoms with Crippen LogP contribution in [0.4, 0.5) is 0 Å². The van der Waals surface area contributed by atoms with E-state index in [9.17, 15) is 13.8 Å². The summed E-state index contributed by atoms with van der Waals surface area (Å²) in [5, 5.41) is 11.4. The highest BCUT2D eigenvalue weighted by Gasteiger charge is 2.24. The first kappa shape index (κ1) is 12.8. The van der Waals surface area contributed by atoms with Gasteiger partial charge in [-0.05, 0) is 18.9 Å². The molecule has 0 radical (unpaired) electrons. The van der Waals surface area contributed by atoms with E-state index in [-0.39, 0.29) is 29.0 Å². The lowest BCUT2D eigenvalue weighted by molar-refractivity contribution is -0.118. The number of carboxylic acids is 1. The molecule has 1 unspecified atom stereocenters. The van der Waals surface area contributed by atoms with Crippen LogP contribution < -0.4 is 5.32 Å². The molecule has 98 valence electrons. The zero-order valence-corrected chi connectivity index (χ0v) is 10.4. The van der Waals surface area contributed by atoms with Gasteiger partial charge in [-0.1, -0.05) is 0 Å². The van der Waals surface area contributed by atoms with Crippen molar-refractivity contribution in [1.82, 2.24) is 5.32 Å². The van der Waals surface area contributed by atoms with E-state index in [1.807, 2.05) is 0 Å². The van der Waals surface area contributed by atoms with Gasteiger partial charge in [0.2, 0.25) is 5.91 Å². The van der Waals surface area contributed by atoms with Gasteiger partial charge in [0, 0.05) is 16.8 Å². The molecule has 1 aromatic rings. The summed E-state index contributed by atoms with van der Waals surface area (Å²) >= 11 is 0. The molecule has 1 heterocycles. The Bertz CT molecular complexity index is 491. The molecule has 7 heteroatoms. The van der Waals surface area contributed by atoms with Crippen LogP contribution in [0.2, 0.25) is 0 Å². The van der Waals surface area contributed by atoms with Gasteiger partial charge in [-0.2, -0.15) is 0 Å². The first-order valence-corrected chi connectivity index (χ1v) is 6.98.